The first-order valence-corrected chi connectivity index (χ1v) is 8.48. The van der Waals surface area contributed by atoms with E-state index in [0.29, 0.717) is 9.14 Å². The molecule has 0 spiro atoms. The van der Waals surface area contributed by atoms with Gasteiger partial charge in [0.2, 0.25) is 0 Å². The van der Waals surface area contributed by atoms with E-state index in [1.54, 1.807) is 12.1 Å². The molecule has 1 saturated heterocycles. The van der Waals surface area contributed by atoms with E-state index in [4.69, 9.17) is 16.6 Å². The second kappa shape index (κ2) is 6.58. The van der Waals surface area contributed by atoms with E-state index in [2.05, 4.69) is 37.2 Å². The van der Waals surface area contributed by atoms with Crippen LogP contribution in [-0.2, 0) is 9.59 Å². The third-order valence-electron chi connectivity index (χ3n) is 3.15. The number of benzene rings is 1. The molecule has 0 unspecified atom stereocenters. The summed E-state index contributed by atoms with van der Waals surface area (Å²) < 4.78 is 20.4. The number of carbonyl (C=O) groups is 2. The van der Waals surface area contributed by atoms with Gasteiger partial charge in [-0.2, -0.15) is 0 Å². The number of anilines is 1. The first-order chi connectivity index (χ1) is 11.4. The van der Waals surface area contributed by atoms with Crippen LogP contribution < -0.4 is 10.2 Å². The van der Waals surface area contributed by atoms with Gasteiger partial charge >= 0.3 is 0 Å². The minimum Gasteiger partial charge on any atom is -0.449 e. The Balaban J connectivity index is 2.05. The number of halogens is 3. The summed E-state index contributed by atoms with van der Waals surface area (Å²) in [5.74, 6) is -1.78. The number of rotatable bonds is 2. The third-order valence-corrected chi connectivity index (χ3v) is 5.14. The smallest absolute Gasteiger partial charge is 0.270 e. The highest BCUT2D eigenvalue weighted by Crippen LogP contribution is 2.29. The molecule has 1 aromatic carbocycles. The zero-order chi connectivity index (χ0) is 17.4. The van der Waals surface area contributed by atoms with Gasteiger partial charge in [0.05, 0.1) is 10.2 Å². The van der Waals surface area contributed by atoms with E-state index in [1.165, 1.54) is 24.3 Å². The summed E-state index contributed by atoms with van der Waals surface area (Å²) in [5, 5.41) is 2.19. The standard InChI is InChI=1S/C15H7Br2FN2O3S/c16-9-6-7(23-12(9)17)5-8-13(21)19-15(24)20(14(8)22)11-4-2-1-3-10(11)18/h1-6H,(H,19,21,24)/b8-5+. The summed E-state index contributed by atoms with van der Waals surface area (Å²) >= 11 is 11.4. The van der Waals surface area contributed by atoms with E-state index in [-0.39, 0.29) is 22.1 Å². The van der Waals surface area contributed by atoms with Crippen LogP contribution in [0.2, 0.25) is 0 Å². The molecule has 1 aromatic heterocycles. The minimum atomic E-state index is -0.738. The number of hydrogen-bond acceptors (Lipinski definition) is 4. The highest BCUT2D eigenvalue weighted by atomic mass is 79.9. The highest BCUT2D eigenvalue weighted by Gasteiger charge is 2.35. The molecule has 0 aliphatic carbocycles. The minimum absolute atomic E-state index is 0.0415. The summed E-state index contributed by atoms with van der Waals surface area (Å²) in [6.07, 6.45) is 1.27. The van der Waals surface area contributed by atoms with Crippen molar-refractivity contribution in [3.63, 3.8) is 0 Å². The van der Waals surface area contributed by atoms with Crippen LogP contribution in [0.1, 0.15) is 5.76 Å². The van der Waals surface area contributed by atoms with E-state index in [9.17, 15) is 14.0 Å². The van der Waals surface area contributed by atoms with Crippen LogP contribution in [0.4, 0.5) is 10.1 Å². The van der Waals surface area contributed by atoms with Crippen molar-refractivity contribution in [2.75, 3.05) is 4.90 Å². The third kappa shape index (κ3) is 3.06. The van der Waals surface area contributed by atoms with Gasteiger partial charge in [-0.1, -0.05) is 12.1 Å². The molecule has 2 aromatic rings. The molecular weight excluding hydrogens is 467 g/mol. The fourth-order valence-electron chi connectivity index (χ4n) is 2.09. The Bertz CT molecular complexity index is 890. The molecule has 9 heteroatoms. The van der Waals surface area contributed by atoms with Gasteiger partial charge in [0, 0.05) is 0 Å². The van der Waals surface area contributed by atoms with E-state index in [0.717, 1.165) is 4.90 Å². The monoisotopic (exact) mass is 472 g/mol. The molecule has 122 valence electrons. The average molecular weight is 474 g/mol. The average Bonchev–Trinajstić information content (AvgIpc) is 2.83. The van der Waals surface area contributed by atoms with Crippen molar-refractivity contribution >= 4 is 72.8 Å². The molecule has 2 heterocycles. The molecule has 1 aliphatic rings. The number of carbonyl (C=O) groups excluding carboxylic acids is 2. The van der Waals surface area contributed by atoms with Crippen LogP contribution >= 0.6 is 44.1 Å². The predicted octanol–water partition coefficient (Wildman–Crippen LogP) is 3.78. The van der Waals surface area contributed by atoms with Crippen molar-refractivity contribution in [3.05, 3.63) is 56.6 Å². The quantitative estimate of drug-likeness (QED) is 0.409. The van der Waals surface area contributed by atoms with E-state index >= 15 is 0 Å². The first-order valence-electron chi connectivity index (χ1n) is 6.49. The second-order valence-electron chi connectivity index (χ2n) is 4.68. The Morgan fingerprint density at radius 2 is 1.96 bits per heavy atom. The fraction of sp³-hybridized carbons (Fsp3) is 0. The van der Waals surface area contributed by atoms with Gasteiger partial charge in [-0.25, -0.2) is 9.29 Å². The molecule has 0 bridgehead atoms. The molecule has 0 atom stereocenters. The Kier molecular flexibility index (Phi) is 4.66. The Morgan fingerprint density at radius 3 is 2.58 bits per heavy atom. The molecule has 0 saturated carbocycles. The first kappa shape index (κ1) is 17.0. The topological polar surface area (TPSA) is 62.6 Å². The van der Waals surface area contributed by atoms with Crippen molar-refractivity contribution in [1.82, 2.24) is 5.32 Å². The zero-order valence-corrected chi connectivity index (χ0v) is 15.7. The summed E-state index contributed by atoms with van der Waals surface area (Å²) in [4.78, 5) is 25.7. The molecule has 5 nitrogen and oxygen atoms in total. The number of amides is 2. The molecular formula is C15H7Br2FN2O3S. The number of hydrogen-bond donors (Lipinski definition) is 1. The van der Waals surface area contributed by atoms with Gasteiger partial charge in [0.25, 0.3) is 11.8 Å². The number of nitrogens with one attached hydrogen (secondary N) is 1. The van der Waals surface area contributed by atoms with Gasteiger partial charge in [-0.15, -0.1) is 0 Å². The van der Waals surface area contributed by atoms with Gasteiger partial charge in [0.15, 0.2) is 9.78 Å². The lowest BCUT2D eigenvalue weighted by molar-refractivity contribution is -0.122. The van der Waals surface area contributed by atoms with E-state index in [1.807, 2.05) is 0 Å². The normalized spacial score (nSPS) is 16.7. The van der Waals surface area contributed by atoms with Crippen LogP contribution in [0.25, 0.3) is 6.08 Å². The van der Waals surface area contributed by atoms with Crippen LogP contribution in [0, 0.1) is 5.82 Å². The number of thiocarbonyl (C=S) groups is 1. The van der Waals surface area contributed by atoms with Gasteiger partial charge in [-0.3, -0.25) is 14.9 Å². The SMILES string of the molecule is O=C1NC(=S)N(c2ccccc2F)C(=O)/C1=C/c1cc(Br)c(Br)o1. The van der Waals surface area contributed by atoms with Crippen molar-refractivity contribution in [1.29, 1.82) is 0 Å². The molecule has 3 rings (SSSR count). The van der Waals surface area contributed by atoms with Crippen molar-refractivity contribution in [3.8, 4) is 0 Å². The fourth-order valence-corrected chi connectivity index (χ4v) is 2.97. The maximum atomic E-state index is 14.0. The van der Waals surface area contributed by atoms with Crippen molar-refractivity contribution in [2.45, 2.75) is 0 Å². The van der Waals surface area contributed by atoms with Gasteiger partial charge < -0.3 is 4.42 Å². The Labute approximate surface area is 157 Å². The predicted molar refractivity (Wildman–Crippen MR) is 96.7 cm³/mol. The Morgan fingerprint density at radius 1 is 1.25 bits per heavy atom. The summed E-state index contributed by atoms with van der Waals surface area (Å²) in [6.45, 7) is 0. The van der Waals surface area contributed by atoms with Crippen molar-refractivity contribution in [2.24, 2.45) is 0 Å². The number of furan rings is 1. The van der Waals surface area contributed by atoms with Gasteiger partial charge in [0.1, 0.15) is 17.2 Å². The maximum Gasteiger partial charge on any atom is 0.270 e. The van der Waals surface area contributed by atoms with Crippen LogP contribution in [-0.4, -0.2) is 16.9 Å². The zero-order valence-electron chi connectivity index (χ0n) is 11.7. The maximum absolute atomic E-state index is 14.0. The Hall–Kier alpha value is -1.84. The van der Waals surface area contributed by atoms with E-state index < -0.39 is 17.6 Å². The van der Waals surface area contributed by atoms with Crippen molar-refractivity contribution < 1.29 is 18.4 Å². The molecule has 1 N–H and O–H groups in total. The highest BCUT2D eigenvalue weighted by molar-refractivity contribution is 9.13. The molecule has 2 amide bonds. The summed E-state index contributed by atoms with van der Waals surface area (Å²) in [5.41, 5.74) is -0.263. The second-order valence-corrected chi connectivity index (χ2v) is 6.64. The molecule has 0 radical (unpaired) electrons. The van der Waals surface area contributed by atoms with Crippen LogP contribution in [0.3, 0.4) is 0 Å². The van der Waals surface area contributed by atoms with Gasteiger partial charge in [-0.05, 0) is 68.4 Å². The lowest BCUT2D eigenvalue weighted by Gasteiger charge is -2.28. The summed E-state index contributed by atoms with van der Waals surface area (Å²) in [7, 11) is 0. The molecule has 1 aliphatic heterocycles. The largest absolute Gasteiger partial charge is 0.449 e. The summed E-state index contributed by atoms with van der Waals surface area (Å²) in [6, 6.07) is 7.23. The van der Waals surface area contributed by atoms with Crippen LogP contribution in [0.5, 0.6) is 0 Å². The number of nitrogens with zero attached hydrogens (tertiary/aromatic N) is 1. The lowest BCUT2D eigenvalue weighted by Crippen LogP contribution is -2.54. The molecule has 24 heavy (non-hydrogen) atoms. The van der Waals surface area contributed by atoms with Crippen LogP contribution in [0.15, 0.2) is 49.5 Å². The number of para-hydroxylation sites is 1. The molecule has 1 fully saturated rings. The lowest BCUT2D eigenvalue weighted by atomic mass is 10.1.